The van der Waals surface area contributed by atoms with E-state index >= 15 is 0 Å². The zero-order valence-electron chi connectivity index (χ0n) is 9.30. The summed E-state index contributed by atoms with van der Waals surface area (Å²) in [7, 11) is 0. The Morgan fingerprint density at radius 1 is 1.06 bits per heavy atom. The molecule has 2 heterocycles. The van der Waals surface area contributed by atoms with Crippen LogP contribution < -0.4 is 0 Å². The number of rotatable bonds is 4. The fourth-order valence-corrected chi connectivity index (χ4v) is 1.52. The Hall–Kier alpha value is -1.83. The average Bonchev–Trinajstić information content (AvgIpc) is 2.85. The third kappa shape index (κ3) is 3.10. The molecule has 8 heteroatoms. The first-order chi connectivity index (χ1) is 8.48. The van der Waals surface area contributed by atoms with Crippen LogP contribution in [0.25, 0.3) is 11.1 Å². The molecule has 1 N–H and O–H groups in total. The SMILES string of the molecule is OCCn1cc(-c2cnn(CC(F)(F)F)c2)cn1. The molecule has 0 aliphatic heterocycles. The number of aromatic nitrogens is 4. The van der Waals surface area contributed by atoms with Gasteiger partial charge in [0, 0.05) is 23.5 Å². The summed E-state index contributed by atoms with van der Waals surface area (Å²) in [5.41, 5.74) is 1.22. The number of hydrogen-bond acceptors (Lipinski definition) is 3. The van der Waals surface area contributed by atoms with E-state index in [0.29, 0.717) is 17.7 Å². The van der Waals surface area contributed by atoms with Gasteiger partial charge in [-0.3, -0.25) is 9.36 Å². The summed E-state index contributed by atoms with van der Waals surface area (Å²) in [5, 5.41) is 16.3. The van der Waals surface area contributed by atoms with E-state index in [2.05, 4.69) is 10.2 Å². The maximum absolute atomic E-state index is 12.2. The Morgan fingerprint density at radius 2 is 1.61 bits per heavy atom. The first-order valence-corrected chi connectivity index (χ1v) is 5.21. The van der Waals surface area contributed by atoms with Crippen LogP contribution in [-0.2, 0) is 13.1 Å². The first-order valence-electron chi connectivity index (χ1n) is 5.21. The maximum atomic E-state index is 12.2. The first kappa shape index (κ1) is 12.6. The monoisotopic (exact) mass is 260 g/mol. The van der Waals surface area contributed by atoms with Crippen molar-refractivity contribution in [3.8, 4) is 11.1 Å². The van der Waals surface area contributed by atoms with E-state index < -0.39 is 12.7 Å². The van der Waals surface area contributed by atoms with Crippen molar-refractivity contribution in [1.82, 2.24) is 19.6 Å². The minimum absolute atomic E-state index is 0.0472. The molecule has 0 atom stereocenters. The van der Waals surface area contributed by atoms with Crippen molar-refractivity contribution < 1.29 is 18.3 Å². The molecule has 0 amide bonds. The highest BCUT2D eigenvalue weighted by atomic mass is 19.4. The average molecular weight is 260 g/mol. The van der Waals surface area contributed by atoms with Crippen LogP contribution in [0.15, 0.2) is 24.8 Å². The highest BCUT2D eigenvalue weighted by Gasteiger charge is 2.28. The molecule has 2 aromatic heterocycles. The minimum Gasteiger partial charge on any atom is -0.394 e. The molecule has 18 heavy (non-hydrogen) atoms. The van der Waals surface area contributed by atoms with Crippen molar-refractivity contribution in [2.45, 2.75) is 19.3 Å². The molecule has 98 valence electrons. The van der Waals surface area contributed by atoms with Crippen LogP contribution in [0.5, 0.6) is 0 Å². The van der Waals surface area contributed by atoms with Crippen molar-refractivity contribution in [2.24, 2.45) is 0 Å². The minimum atomic E-state index is -4.29. The van der Waals surface area contributed by atoms with Crippen LogP contribution >= 0.6 is 0 Å². The van der Waals surface area contributed by atoms with Gasteiger partial charge in [0.25, 0.3) is 0 Å². The number of aliphatic hydroxyl groups excluding tert-OH is 1. The summed E-state index contributed by atoms with van der Waals surface area (Å²) < 4.78 is 38.8. The van der Waals surface area contributed by atoms with Crippen LogP contribution in [0.4, 0.5) is 13.2 Å². The summed E-state index contributed by atoms with van der Waals surface area (Å²) in [4.78, 5) is 0. The highest BCUT2D eigenvalue weighted by Crippen LogP contribution is 2.21. The lowest BCUT2D eigenvalue weighted by Gasteiger charge is -2.04. The van der Waals surface area contributed by atoms with E-state index in [4.69, 9.17) is 5.11 Å². The third-order valence-electron chi connectivity index (χ3n) is 2.27. The van der Waals surface area contributed by atoms with Crippen LogP contribution in [0, 0.1) is 0 Å². The van der Waals surface area contributed by atoms with Crippen molar-refractivity contribution in [2.75, 3.05) is 6.61 Å². The molecule has 0 saturated carbocycles. The fraction of sp³-hybridized carbons (Fsp3) is 0.400. The molecule has 0 aromatic carbocycles. The molecule has 0 unspecified atom stereocenters. The molecule has 0 fully saturated rings. The number of halogens is 3. The quantitative estimate of drug-likeness (QED) is 0.901. The smallest absolute Gasteiger partial charge is 0.394 e. The second-order valence-corrected chi connectivity index (χ2v) is 3.76. The van der Waals surface area contributed by atoms with Gasteiger partial charge in [0.1, 0.15) is 6.54 Å². The lowest BCUT2D eigenvalue weighted by molar-refractivity contribution is -0.142. The number of nitrogens with zero attached hydrogens (tertiary/aromatic N) is 4. The van der Waals surface area contributed by atoms with Crippen LogP contribution in [0.1, 0.15) is 0 Å². The second-order valence-electron chi connectivity index (χ2n) is 3.76. The summed E-state index contributed by atoms with van der Waals surface area (Å²) in [6, 6.07) is 0. The molecule has 0 aliphatic carbocycles. The molecule has 2 aromatic rings. The number of alkyl halides is 3. The van der Waals surface area contributed by atoms with Gasteiger partial charge in [-0.25, -0.2) is 0 Å². The summed E-state index contributed by atoms with van der Waals surface area (Å²) in [6.45, 7) is -0.817. The van der Waals surface area contributed by atoms with Crippen molar-refractivity contribution in [3.63, 3.8) is 0 Å². The molecule has 0 spiro atoms. The van der Waals surface area contributed by atoms with Gasteiger partial charge in [0.15, 0.2) is 0 Å². The Balaban J connectivity index is 2.13. The number of aliphatic hydroxyl groups is 1. The normalized spacial score (nSPS) is 12.0. The third-order valence-corrected chi connectivity index (χ3v) is 2.27. The van der Waals surface area contributed by atoms with Crippen LogP contribution in [0.3, 0.4) is 0 Å². The van der Waals surface area contributed by atoms with E-state index in [1.165, 1.54) is 23.3 Å². The molecule has 0 saturated heterocycles. The summed E-state index contributed by atoms with van der Waals surface area (Å²) in [5.74, 6) is 0. The van der Waals surface area contributed by atoms with Gasteiger partial charge < -0.3 is 5.11 Å². The van der Waals surface area contributed by atoms with Gasteiger partial charge in [0.2, 0.25) is 0 Å². The lowest BCUT2D eigenvalue weighted by Crippen LogP contribution is -2.17. The molecule has 5 nitrogen and oxygen atoms in total. The summed E-state index contributed by atoms with van der Waals surface area (Å²) >= 11 is 0. The molecule has 0 aliphatic rings. The van der Waals surface area contributed by atoms with Gasteiger partial charge >= 0.3 is 6.18 Å². The van der Waals surface area contributed by atoms with Gasteiger partial charge in [0.05, 0.1) is 25.5 Å². The van der Waals surface area contributed by atoms with Gasteiger partial charge in [-0.15, -0.1) is 0 Å². The standard InChI is InChI=1S/C10H11F3N4O/c11-10(12,13)7-17-6-9(4-15-17)8-3-14-16(5-8)1-2-18/h3-6,18H,1-2,7H2. The van der Waals surface area contributed by atoms with Crippen LogP contribution in [-0.4, -0.2) is 37.5 Å². The maximum Gasteiger partial charge on any atom is 0.408 e. The largest absolute Gasteiger partial charge is 0.408 e. The van der Waals surface area contributed by atoms with Crippen molar-refractivity contribution in [3.05, 3.63) is 24.8 Å². The molecule has 0 bridgehead atoms. The molecular formula is C10H11F3N4O. The van der Waals surface area contributed by atoms with Crippen molar-refractivity contribution >= 4 is 0 Å². The van der Waals surface area contributed by atoms with Gasteiger partial charge in [-0.2, -0.15) is 23.4 Å². The van der Waals surface area contributed by atoms with E-state index in [-0.39, 0.29) is 6.61 Å². The van der Waals surface area contributed by atoms with E-state index in [1.54, 1.807) is 6.20 Å². The Labute approximate surface area is 100 Å². The topological polar surface area (TPSA) is 55.9 Å². The highest BCUT2D eigenvalue weighted by molar-refractivity contribution is 5.59. The van der Waals surface area contributed by atoms with Gasteiger partial charge in [-0.05, 0) is 0 Å². The van der Waals surface area contributed by atoms with E-state index in [0.717, 1.165) is 4.68 Å². The Morgan fingerprint density at radius 3 is 2.17 bits per heavy atom. The molecule has 0 radical (unpaired) electrons. The molecular weight excluding hydrogens is 249 g/mol. The second kappa shape index (κ2) is 4.81. The van der Waals surface area contributed by atoms with E-state index in [9.17, 15) is 13.2 Å². The summed E-state index contributed by atoms with van der Waals surface area (Å²) in [6.07, 6.45) is 1.54. The predicted octanol–water partition coefficient (Wildman–Crippen LogP) is 1.30. The van der Waals surface area contributed by atoms with Crippen LogP contribution in [0.2, 0.25) is 0 Å². The Bertz CT molecular complexity index is 517. The number of hydrogen-bond donors (Lipinski definition) is 1. The van der Waals surface area contributed by atoms with E-state index in [1.807, 2.05) is 0 Å². The van der Waals surface area contributed by atoms with Gasteiger partial charge in [-0.1, -0.05) is 0 Å². The zero-order chi connectivity index (χ0) is 13.2. The fourth-order valence-electron chi connectivity index (χ4n) is 1.52. The predicted molar refractivity (Wildman–Crippen MR) is 56.6 cm³/mol. The lowest BCUT2D eigenvalue weighted by atomic mass is 10.2. The molecule has 2 rings (SSSR count). The zero-order valence-corrected chi connectivity index (χ0v) is 9.30. The Kier molecular flexibility index (Phi) is 3.37. The van der Waals surface area contributed by atoms with Crippen molar-refractivity contribution in [1.29, 1.82) is 0 Å².